The first kappa shape index (κ1) is 13.1. The lowest BCUT2D eigenvalue weighted by atomic mass is 10.1. The number of carbonyl (C=O) groups is 2. The molecular weight excluding hydrogens is 266 g/mol. The molecule has 0 aliphatic carbocycles. The van der Waals surface area contributed by atoms with Crippen LogP contribution in [0.1, 0.15) is 26.3 Å². The fourth-order valence-electron chi connectivity index (χ4n) is 2.35. The molecule has 0 N–H and O–H groups in total. The van der Waals surface area contributed by atoms with Crippen LogP contribution >= 0.6 is 0 Å². The molecule has 1 heterocycles. The first-order valence-corrected chi connectivity index (χ1v) is 6.44. The van der Waals surface area contributed by atoms with Crippen LogP contribution in [0.4, 0.5) is 0 Å². The van der Waals surface area contributed by atoms with Crippen LogP contribution in [0.3, 0.4) is 0 Å². The summed E-state index contributed by atoms with van der Waals surface area (Å²) in [6.07, 6.45) is 0. The Kier molecular flexibility index (Phi) is 3.06. The molecule has 1 aliphatic heterocycles. The summed E-state index contributed by atoms with van der Waals surface area (Å²) in [5.41, 5.74) is 1.89. The molecule has 2 aromatic carbocycles. The van der Waals surface area contributed by atoms with Crippen LogP contribution < -0.4 is 4.74 Å². The molecule has 0 radical (unpaired) electrons. The SMILES string of the molecule is C=C(c1ccc(OC)cc1)N1C(=O)c2ccccc2C1=O. The smallest absolute Gasteiger partial charge is 0.266 e. The highest BCUT2D eigenvalue weighted by Gasteiger charge is 2.37. The summed E-state index contributed by atoms with van der Waals surface area (Å²) in [6.45, 7) is 3.89. The van der Waals surface area contributed by atoms with Crippen molar-refractivity contribution in [2.45, 2.75) is 0 Å². The number of fused-ring (bicyclic) bond motifs is 1. The molecule has 3 rings (SSSR count). The zero-order valence-electron chi connectivity index (χ0n) is 11.5. The lowest BCUT2D eigenvalue weighted by Crippen LogP contribution is -2.27. The molecule has 2 aromatic rings. The van der Waals surface area contributed by atoms with Crippen molar-refractivity contribution in [2.24, 2.45) is 0 Å². The molecule has 4 heteroatoms. The average Bonchev–Trinajstić information content (AvgIpc) is 2.79. The summed E-state index contributed by atoms with van der Waals surface area (Å²) in [4.78, 5) is 25.8. The first-order valence-electron chi connectivity index (χ1n) is 6.44. The molecule has 21 heavy (non-hydrogen) atoms. The second kappa shape index (κ2) is 4.90. The number of hydrogen-bond donors (Lipinski definition) is 0. The van der Waals surface area contributed by atoms with Crippen molar-refractivity contribution in [1.82, 2.24) is 4.90 Å². The standard InChI is InChI=1S/C17H13NO3/c1-11(12-7-9-13(21-2)10-8-12)18-16(19)14-5-3-4-6-15(14)17(18)20/h3-10H,1H2,2H3. The number of carbonyl (C=O) groups excluding carboxylic acids is 2. The molecule has 0 aromatic heterocycles. The maximum atomic E-state index is 12.4. The van der Waals surface area contributed by atoms with Crippen molar-refractivity contribution in [3.05, 3.63) is 71.8 Å². The van der Waals surface area contributed by atoms with E-state index in [2.05, 4.69) is 6.58 Å². The van der Waals surface area contributed by atoms with Gasteiger partial charge < -0.3 is 4.74 Å². The van der Waals surface area contributed by atoms with Gasteiger partial charge in [-0.2, -0.15) is 0 Å². The molecule has 0 atom stereocenters. The Labute approximate surface area is 122 Å². The Morgan fingerprint density at radius 1 is 0.952 bits per heavy atom. The molecule has 0 fully saturated rings. The van der Waals surface area contributed by atoms with Gasteiger partial charge in [-0.15, -0.1) is 0 Å². The Balaban J connectivity index is 1.96. The minimum atomic E-state index is -0.337. The van der Waals surface area contributed by atoms with E-state index < -0.39 is 0 Å². The van der Waals surface area contributed by atoms with E-state index >= 15 is 0 Å². The van der Waals surface area contributed by atoms with Gasteiger partial charge in [0.1, 0.15) is 5.75 Å². The van der Waals surface area contributed by atoms with E-state index in [9.17, 15) is 9.59 Å². The molecule has 4 nitrogen and oxygen atoms in total. The van der Waals surface area contributed by atoms with Crippen molar-refractivity contribution >= 4 is 17.5 Å². The fraction of sp³-hybridized carbons (Fsp3) is 0.0588. The van der Waals surface area contributed by atoms with Gasteiger partial charge in [-0.3, -0.25) is 9.59 Å². The minimum Gasteiger partial charge on any atom is -0.497 e. The van der Waals surface area contributed by atoms with Crippen molar-refractivity contribution in [1.29, 1.82) is 0 Å². The Hall–Kier alpha value is -2.88. The van der Waals surface area contributed by atoms with E-state index in [0.29, 0.717) is 28.1 Å². The minimum absolute atomic E-state index is 0.337. The van der Waals surface area contributed by atoms with Crippen molar-refractivity contribution in [3.8, 4) is 5.75 Å². The summed E-state index contributed by atoms with van der Waals surface area (Å²) in [7, 11) is 1.58. The maximum absolute atomic E-state index is 12.4. The predicted octanol–water partition coefficient (Wildman–Crippen LogP) is 2.96. The van der Waals surface area contributed by atoms with Gasteiger partial charge >= 0.3 is 0 Å². The molecular formula is C17H13NO3. The lowest BCUT2D eigenvalue weighted by molar-refractivity contribution is 0.0736. The lowest BCUT2D eigenvalue weighted by Gasteiger charge is -2.17. The summed E-state index contributed by atoms with van der Waals surface area (Å²) in [5, 5.41) is 0. The Morgan fingerprint density at radius 3 is 1.95 bits per heavy atom. The quantitative estimate of drug-likeness (QED) is 0.811. The van der Waals surface area contributed by atoms with Crippen LogP contribution in [-0.2, 0) is 0 Å². The molecule has 0 spiro atoms. The van der Waals surface area contributed by atoms with Gasteiger partial charge in [-0.1, -0.05) is 18.7 Å². The van der Waals surface area contributed by atoms with E-state index in [-0.39, 0.29) is 11.8 Å². The fourth-order valence-corrected chi connectivity index (χ4v) is 2.35. The number of rotatable bonds is 3. The maximum Gasteiger partial charge on any atom is 0.266 e. The van der Waals surface area contributed by atoms with E-state index in [4.69, 9.17) is 4.74 Å². The van der Waals surface area contributed by atoms with Gasteiger partial charge in [0.25, 0.3) is 11.8 Å². The van der Waals surface area contributed by atoms with E-state index in [1.54, 1.807) is 55.6 Å². The Bertz CT molecular complexity index is 712. The van der Waals surface area contributed by atoms with Crippen LogP contribution in [0.2, 0.25) is 0 Å². The third-order valence-electron chi connectivity index (χ3n) is 3.49. The normalized spacial score (nSPS) is 13.3. The molecule has 0 saturated carbocycles. The molecule has 0 bridgehead atoms. The van der Waals surface area contributed by atoms with Crippen LogP contribution in [-0.4, -0.2) is 23.8 Å². The van der Waals surface area contributed by atoms with Crippen molar-refractivity contribution in [3.63, 3.8) is 0 Å². The number of hydrogen-bond acceptors (Lipinski definition) is 3. The third kappa shape index (κ3) is 2.01. The largest absolute Gasteiger partial charge is 0.497 e. The van der Waals surface area contributed by atoms with Crippen LogP contribution in [0, 0.1) is 0 Å². The molecule has 0 unspecified atom stereocenters. The number of imide groups is 1. The zero-order chi connectivity index (χ0) is 15.0. The van der Waals surface area contributed by atoms with Gasteiger partial charge in [0.2, 0.25) is 0 Å². The highest BCUT2D eigenvalue weighted by Crippen LogP contribution is 2.30. The number of ether oxygens (including phenoxy) is 1. The monoisotopic (exact) mass is 279 g/mol. The summed E-state index contributed by atoms with van der Waals surface area (Å²) >= 11 is 0. The van der Waals surface area contributed by atoms with Crippen LogP contribution in [0.25, 0.3) is 5.70 Å². The van der Waals surface area contributed by atoms with E-state index in [1.807, 2.05) is 0 Å². The number of amides is 2. The summed E-state index contributed by atoms with van der Waals surface area (Å²) in [5.74, 6) is 0.0294. The number of benzene rings is 2. The van der Waals surface area contributed by atoms with Gasteiger partial charge in [-0.25, -0.2) is 4.90 Å². The Morgan fingerprint density at radius 2 is 1.48 bits per heavy atom. The highest BCUT2D eigenvalue weighted by molar-refractivity contribution is 6.25. The summed E-state index contributed by atoms with van der Waals surface area (Å²) in [6, 6.07) is 13.8. The van der Waals surface area contributed by atoms with Crippen molar-refractivity contribution in [2.75, 3.05) is 7.11 Å². The van der Waals surface area contributed by atoms with Gasteiger partial charge in [0.15, 0.2) is 0 Å². The second-order valence-electron chi connectivity index (χ2n) is 4.67. The third-order valence-corrected chi connectivity index (χ3v) is 3.49. The first-order chi connectivity index (χ1) is 10.1. The molecule has 0 saturated heterocycles. The van der Waals surface area contributed by atoms with Gasteiger partial charge in [-0.05, 0) is 42.0 Å². The zero-order valence-corrected chi connectivity index (χ0v) is 11.5. The van der Waals surface area contributed by atoms with Crippen molar-refractivity contribution < 1.29 is 14.3 Å². The van der Waals surface area contributed by atoms with Crippen LogP contribution in [0.5, 0.6) is 5.75 Å². The van der Waals surface area contributed by atoms with E-state index in [1.165, 1.54) is 0 Å². The van der Waals surface area contributed by atoms with Gasteiger partial charge in [0, 0.05) is 0 Å². The summed E-state index contributed by atoms with van der Waals surface area (Å²) < 4.78 is 5.09. The predicted molar refractivity (Wildman–Crippen MR) is 79.0 cm³/mol. The number of nitrogens with zero attached hydrogens (tertiary/aromatic N) is 1. The molecule has 2 amide bonds. The van der Waals surface area contributed by atoms with Crippen LogP contribution in [0.15, 0.2) is 55.1 Å². The number of methoxy groups -OCH3 is 1. The molecule has 1 aliphatic rings. The van der Waals surface area contributed by atoms with Gasteiger partial charge in [0.05, 0.1) is 23.9 Å². The molecule has 104 valence electrons. The average molecular weight is 279 g/mol. The highest BCUT2D eigenvalue weighted by atomic mass is 16.5. The second-order valence-corrected chi connectivity index (χ2v) is 4.67. The topological polar surface area (TPSA) is 46.6 Å². The van der Waals surface area contributed by atoms with E-state index in [0.717, 1.165) is 4.90 Å².